The summed E-state index contributed by atoms with van der Waals surface area (Å²) >= 11 is 0. The van der Waals surface area contributed by atoms with Gasteiger partial charge in [0, 0.05) is 45.1 Å². The Balaban J connectivity index is 1.81. The Morgan fingerprint density at radius 1 is 0.875 bits per heavy atom. The van der Waals surface area contributed by atoms with Gasteiger partial charge in [-0.25, -0.2) is 0 Å². The van der Waals surface area contributed by atoms with Gasteiger partial charge >= 0.3 is 12.1 Å². The number of likely N-dealkylation sites (tertiary alicyclic amines) is 2. The Morgan fingerprint density at radius 3 is 1.79 bits per heavy atom. The molecule has 2 saturated heterocycles. The van der Waals surface area contributed by atoms with Crippen molar-refractivity contribution in [3.63, 3.8) is 0 Å². The Bertz CT molecular complexity index is 494. The molecule has 0 atom stereocenters. The van der Waals surface area contributed by atoms with Gasteiger partial charge in [0.25, 0.3) is 0 Å². The van der Waals surface area contributed by atoms with Crippen LogP contribution in [-0.4, -0.2) is 66.9 Å². The molecule has 0 unspecified atom stereocenters. The predicted octanol–water partition coefficient (Wildman–Crippen LogP) is 0.772. The van der Waals surface area contributed by atoms with Gasteiger partial charge in [-0.2, -0.15) is 13.2 Å². The topological polar surface area (TPSA) is 69.7 Å². The first-order chi connectivity index (χ1) is 11.2. The standard InChI is InChI=1S/C15H22F3N3O3/c1-19-12(22)10-2-6-20(7-3-10)13(23)11-4-8-21(9-5-11)14(24)15(16,17)18/h10-11H,2-9H2,1H3,(H,19,22). The van der Waals surface area contributed by atoms with Crippen molar-refractivity contribution in [2.75, 3.05) is 33.2 Å². The summed E-state index contributed by atoms with van der Waals surface area (Å²) in [5.41, 5.74) is 0. The van der Waals surface area contributed by atoms with Crippen molar-refractivity contribution in [2.45, 2.75) is 31.9 Å². The third-order valence-electron chi connectivity index (χ3n) is 4.80. The molecule has 1 N–H and O–H groups in total. The van der Waals surface area contributed by atoms with Crippen molar-refractivity contribution < 1.29 is 27.6 Å². The Labute approximate surface area is 138 Å². The Hall–Kier alpha value is -1.80. The van der Waals surface area contributed by atoms with Gasteiger partial charge in [-0.15, -0.1) is 0 Å². The summed E-state index contributed by atoms with van der Waals surface area (Å²) in [6.45, 7) is 0.865. The number of nitrogens with zero attached hydrogens (tertiary/aromatic N) is 2. The van der Waals surface area contributed by atoms with Crippen molar-refractivity contribution in [3.8, 4) is 0 Å². The van der Waals surface area contributed by atoms with E-state index in [4.69, 9.17) is 0 Å². The zero-order valence-electron chi connectivity index (χ0n) is 13.6. The van der Waals surface area contributed by atoms with Crippen molar-refractivity contribution in [3.05, 3.63) is 0 Å². The van der Waals surface area contributed by atoms with Crippen LogP contribution in [0.2, 0.25) is 0 Å². The van der Waals surface area contributed by atoms with Gasteiger partial charge in [0.1, 0.15) is 0 Å². The van der Waals surface area contributed by atoms with Crippen LogP contribution in [0.4, 0.5) is 13.2 Å². The van der Waals surface area contributed by atoms with E-state index in [2.05, 4.69) is 5.32 Å². The van der Waals surface area contributed by atoms with E-state index in [9.17, 15) is 27.6 Å². The van der Waals surface area contributed by atoms with Crippen LogP contribution in [0, 0.1) is 11.8 Å². The smallest absolute Gasteiger partial charge is 0.359 e. The molecular weight excluding hydrogens is 327 g/mol. The van der Waals surface area contributed by atoms with E-state index in [0.717, 1.165) is 4.90 Å². The lowest BCUT2D eigenvalue weighted by Gasteiger charge is -2.37. The highest BCUT2D eigenvalue weighted by Gasteiger charge is 2.44. The number of piperidine rings is 2. The van der Waals surface area contributed by atoms with Gasteiger partial charge in [0.05, 0.1) is 0 Å². The summed E-state index contributed by atoms with van der Waals surface area (Å²) in [7, 11) is 1.58. The van der Waals surface area contributed by atoms with E-state index in [1.165, 1.54) is 0 Å². The Kier molecular flexibility index (Phi) is 5.71. The molecular formula is C15H22F3N3O3. The third-order valence-corrected chi connectivity index (χ3v) is 4.80. The van der Waals surface area contributed by atoms with E-state index in [0.29, 0.717) is 25.9 Å². The number of amides is 3. The molecule has 24 heavy (non-hydrogen) atoms. The molecule has 0 aromatic heterocycles. The van der Waals surface area contributed by atoms with Crippen LogP contribution in [0.3, 0.4) is 0 Å². The number of alkyl halides is 3. The highest BCUT2D eigenvalue weighted by atomic mass is 19.4. The average Bonchev–Trinajstić information content (AvgIpc) is 2.59. The summed E-state index contributed by atoms with van der Waals surface area (Å²) < 4.78 is 37.2. The summed E-state index contributed by atoms with van der Waals surface area (Å²) in [4.78, 5) is 37.7. The van der Waals surface area contributed by atoms with E-state index >= 15 is 0 Å². The van der Waals surface area contributed by atoms with E-state index in [1.807, 2.05) is 0 Å². The number of carbonyl (C=O) groups is 3. The molecule has 136 valence electrons. The molecule has 0 saturated carbocycles. The number of rotatable bonds is 2. The average molecular weight is 349 g/mol. The van der Waals surface area contributed by atoms with Gasteiger partial charge in [-0.3, -0.25) is 14.4 Å². The first-order valence-electron chi connectivity index (χ1n) is 8.10. The van der Waals surface area contributed by atoms with Crippen LogP contribution in [0.25, 0.3) is 0 Å². The Morgan fingerprint density at radius 2 is 1.33 bits per heavy atom. The number of hydrogen-bond acceptors (Lipinski definition) is 3. The minimum atomic E-state index is -4.86. The second kappa shape index (κ2) is 7.40. The van der Waals surface area contributed by atoms with E-state index in [-0.39, 0.29) is 49.6 Å². The van der Waals surface area contributed by atoms with Gasteiger partial charge < -0.3 is 15.1 Å². The normalized spacial score (nSPS) is 20.8. The lowest BCUT2D eigenvalue weighted by atomic mass is 9.91. The van der Waals surface area contributed by atoms with Crippen LogP contribution >= 0.6 is 0 Å². The maximum atomic E-state index is 12.5. The second-order valence-electron chi connectivity index (χ2n) is 6.28. The molecule has 2 aliphatic rings. The SMILES string of the molecule is CNC(=O)C1CCN(C(=O)C2CCN(C(=O)C(F)(F)F)CC2)CC1. The van der Waals surface area contributed by atoms with Gasteiger partial charge in [-0.1, -0.05) is 0 Å². The summed E-state index contributed by atoms with van der Waals surface area (Å²) in [6.07, 6.45) is -3.18. The van der Waals surface area contributed by atoms with Crippen LogP contribution in [-0.2, 0) is 14.4 Å². The molecule has 0 spiro atoms. The quantitative estimate of drug-likeness (QED) is 0.801. The fraction of sp³-hybridized carbons (Fsp3) is 0.800. The molecule has 2 aliphatic heterocycles. The molecule has 0 bridgehead atoms. The molecule has 0 aromatic carbocycles. The van der Waals surface area contributed by atoms with Crippen LogP contribution in [0.15, 0.2) is 0 Å². The number of nitrogens with one attached hydrogen (secondary N) is 1. The first-order valence-corrected chi connectivity index (χ1v) is 8.10. The van der Waals surface area contributed by atoms with Crippen LogP contribution in [0.5, 0.6) is 0 Å². The minimum absolute atomic E-state index is 0.0268. The van der Waals surface area contributed by atoms with E-state index < -0.39 is 12.1 Å². The van der Waals surface area contributed by atoms with Gasteiger partial charge in [0.2, 0.25) is 11.8 Å². The van der Waals surface area contributed by atoms with Gasteiger partial charge in [-0.05, 0) is 25.7 Å². The minimum Gasteiger partial charge on any atom is -0.359 e. The zero-order chi connectivity index (χ0) is 17.9. The molecule has 3 amide bonds. The maximum absolute atomic E-state index is 12.5. The van der Waals surface area contributed by atoms with Crippen LogP contribution < -0.4 is 5.32 Å². The van der Waals surface area contributed by atoms with Crippen molar-refractivity contribution in [1.29, 1.82) is 0 Å². The molecule has 6 nitrogen and oxygen atoms in total. The summed E-state index contributed by atoms with van der Waals surface area (Å²) in [5.74, 6) is -2.38. The lowest BCUT2D eigenvalue weighted by Crippen LogP contribution is -2.49. The number of hydrogen-bond donors (Lipinski definition) is 1. The molecule has 9 heteroatoms. The molecule has 2 rings (SSSR count). The predicted molar refractivity (Wildman–Crippen MR) is 78.7 cm³/mol. The summed E-state index contributed by atoms with van der Waals surface area (Å²) in [6, 6.07) is 0. The largest absolute Gasteiger partial charge is 0.471 e. The highest BCUT2D eigenvalue weighted by Crippen LogP contribution is 2.26. The van der Waals surface area contributed by atoms with Crippen molar-refractivity contribution in [2.24, 2.45) is 11.8 Å². The number of carbonyl (C=O) groups excluding carboxylic acids is 3. The lowest BCUT2D eigenvalue weighted by molar-refractivity contribution is -0.187. The molecule has 0 aromatic rings. The fourth-order valence-electron chi connectivity index (χ4n) is 3.33. The zero-order valence-corrected chi connectivity index (χ0v) is 13.6. The first kappa shape index (κ1) is 18.5. The monoisotopic (exact) mass is 349 g/mol. The third kappa shape index (κ3) is 4.18. The molecule has 2 heterocycles. The highest BCUT2D eigenvalue weighted by molar-refractivity contribution is 5.83. The fourth-order valence-corrected chi connectivity index (χ4v) is 3.33. The number of halogens is 3. The summed E-state index contributed by atoms with van der Waals surface area (Å²) in [5, 5.41) is 2.60. The van der Waals surface area contributed by atoms with Crippen LogP contribution in [0.1, 0.15) is 25.7 Å². The van der Waals surface area contributed by atoms with Crippen molar-refractivity contribution in [1.82, 2.24) is 15.1 Å². The molecule has 0 aliphatic carbocycles. The molecule has 0 radical (unpaired) electrons. The van der Waals surface area contributed by atoms with Gasteiger partial charge in [0.15, 0.2) is 0 Å². The maximum Gasteiger partial charge on any atom is 0.471 e. The van der Waals surface area contributed by atoms with E-state index in [1.54, 1.807) is 11.9 Å². The second-order valence-corrected chi connectivity index (χ2v) is 6.28. The molecule has 2 fully saturated rings. The van der Waals surface area contributed by atoms with Crippen molar-refractivity contribution >= 4 is 17.7 Å².